The van der Waals surface area contributed by atoms with Crippen LogP contribution < -0.4 is 0 Å². The largest absolute Gasteiger partial charge is 0.460 e. The molecule has 0 aliphatic carbocycles. The number of carbonyl (C=O) groups excluding carboxylic acids is 1. The third kappa shape index (κ3) is 14.0. The van der Waals surface area contributed by atoms with Crippen molar-refractivity contribution in [2.45, 2.75) is 78.4 Å². The molecule has 0 aliphatic rings. The molecule has 0 aromatic heterocycles. The van der Waals surface area contributed by atoms with Crippen molar-refractivity contribution in [3.05, 3.63) is 0 Å². The fraction of sp³-hybridized carbons (Fsp3) is 0.929. The SMILES string of the molecule is CC(C)(C)OC(=O)CCCCCO[PH](=O)OC(C)(C)C. The summed E-state index contributed by atoms with van der Waals surface area (Å²) >= 11 is 0. The second-order valence-corrected chi connectivity index (χ2v) is 7.70. The van der Waals surface area contributed by atoms with E-state index < -0.39 is 19.5 Å². The van der Waals surface area contributed by atoms with E-state index in [1.807, 2.05) is 41.5 Å². The van der Waals surface area contributed by atoms with Crippen LogP contribution in [0.4, 0.5) is 0 Å². The molecule has 5 nitrogen and oxygen atoms in total. The highest BCUT2D eigenvalue weighted by molar-refractivity contribution is 7.33. The van der Waals surface area contributed by atoms with Crippen molar-refractivity contribution in [3.63, 3.8) is 0 Å². The molecule has 0 saturated heterocycles. The Hall–Kier alpha value is -0.380. The van der Waals surface area contributed by atoms with Crippen LogP contribution in [0.2, 0.25) is 0 Å². The lowest BCUT2D eigenvalue weighted by Crippen LogP contribution is -2.23. The second-order valence-electron chi connectivity index (χ2n) is 6.71. The van der Waals surface area contributed by atoms with Gasteiger partial charge in [0.2, 0.25) is 0 Å². The zero-order valence-corrected chi connectivity index (χ0v) is 14.6. The topological polar surface area (TPSA) is 61.8 Å². The van der Waals surface area contributed by atoms with E-state index in [0.29, 0.717) is 13.0 Å². The van der Waals surface area contributed by atoms with E-state index in [-0.39, 0.29) is 5.97 Å². The number of ether oxygens (including phenoxy) is 1. The molecule has 20 heavy (non-hydrogen) atoms. The average Bonchev–Trinajstić information content (AvgIpc) is 2.17. The Morgan fingerprint density at radius 3 is 2.05 bits per heavy atom. The molecule has 6 heteroatoms. The molecule has 0 bridgehead atoms. The van der Waals surface area contributed by atoms with Crippen molar-refractivity contribution >= 4 is 14.2 Å². The van der Waals surface area contributed by atoms with Gasteiger partial charge in [0, 0.05) is 6.42 Å². The second kappa shape index (κ2) is 8.81. The first kappa shape index (κ1) is 19.6. The molecule has 0 fully saturated rings. The maximum atomic E-state index is 11.4. The fourth-order valence-electron chi connectivity index (χ4n) is 1.38. The first-order chi connectivity index (χ1) is 8.99. The number of rotatable bonds is 8. The van der Waals surface area contributed by atoms with Gasteiger partial charge < -0.3 is 13.8 Å². The Morgan fingerprint density at radius 1 is 0.950 bits per heavy atom. The zero-order chi connectivity index (χ0) is 15.8. The van der Waals surface area contributed by atoms with Gasteiger partial charge in [0.25, 0.3) is 0 Å². The lowest BCUT2D eigenvalue weighted by atomic mass is 10.1. The molecule has 0 aliphatic heterocycles. The van der Waals surface area contributed by atoms with Gasteiger partial charge in [-0.2, -0.15) is 0 Å². The smallest absolute Gasteiger partial charge is 0.319 e. The number of unbranched alkanes of at least 4 members (excludes halogenated alkanes) is 2. The summed E-state index contributed by atoms with van der Waals surface area (Å²) in [5.74, 6) is -0.178. The molecule has 1 unspecified atom stereocenters. The molecule has 0 N–H and O–H groups in total. The summed E-state index contributed by atoms with van der Waals surface area (Å²) < 4.78 is 26.9. The number of hydrogen-bond acceptors (Lipinski definition) is 5. The fourth-order valence-corrected chi connectivity index (χ4v) is 2.25. The molecule has 0 spiro atoms. The van der Waals surface area contributed by atoms with Gasteiger partial charge in [-0.3, -0.25) is 9.36 Å². The van der Waals surface area contributed by atoms with Crippen molar-refractivity contribution in [2.24, 2.45) is 0 Å². The van der Waals surface area contributed by atoms with E-state index in [4.69, 9.17) is 13.8 Å². The summed E-state index contributed by atoms with van der Waals surface area (Å²) in [6, 6.07) is 0. The summed E-state index contributed by atoms with van der Waals surface area (Å²) in [5.41, 5.74) is -0.878. The summed E-state index contributed by atoms with van der Waals surface area (Å²) in [4.78, 5) is 11.4. The molecular formula is C14H29O5P. The van der Waals surface area contributed by atoms with Crippen molar-refractivity contribution in [1.82, 2.24) is 0 Å². The van der Waals surface area contributed by atoms with Crippen LogP contribution in [0.25, 0.3) is 0 Å². The van der Waals surface area contributed by atoms with Crippen molar-refractivity contribution in [1.29, 1.82) is 0 Å². The van der Waals surface area contributed by atoms with Crippen molar-refractivity contribution in [3.8, 4) is 0 Å². The van der Waals surface area contributed by atoms with E-state index in [2.05, 4.69) is 0 Å². The standard InChI is InChI=1S/C14H29O5P/c1-13(2,3)18-12(15)10-8-7-9-11-17-20(16)19-14(4,5)6/h20H,7-11H2,1-6H3. The van der Waals surface area contributed by atoms with E-state index in [1.54, 1.807) is 0 Å². The zero-order valence-electron chi connectivity index (χ0n) is 13.6. The highest BCUT2D eigenvalue weighted by Gasteiger charge is 2.16. The number of hydrogen-bond donors (Lipinski definition) is 0. The number of esters is 1. The highest BCUT2D eigenvalue weighted by atomic mass is 31.1. The van der Waals surface area contributed by atoms with Crippen LogP contribution >= 0.6 is 8.25 Å². The Kier molecular flexibility index (Phi) is 8.64. The van der Waals surface area contributed by atoms with Gasteiger partial charge >= 0.3 is 14.2 Å². The Morgan fingerprint density at radius 2 is 1.55 bits per heavy atom. The van der Waals surface area contributed by atoms with Gasteiger partial charge in [0.05, 0.1) is 12.2 Å². The molecular weight excluding hydrogens is 279 g/mol. The average molecular weight is 308 g/mol. The van der Waals surface area contributed by atoms with Gasteiger partial charge in [0.1, 0.15) is 5.60 Å². The van der Waals surface area contributed by atoms with E-state index >= 15 is 0 Å². The molecule has 120 valence electrons. The molecule has 0 amide bonds. The minimum atomic E-state index is -2.42. The molecule has 0 rings (SSSR count). The lowest BCUT2D eigenvalue weighted by Gasteiger charge is -2.19. The van der Waals surface area contributed by atoms with Crippen LogP contribution in [0.3, 0.4) is 0 Å². The van der Waals surface area contributed by atoms with E-state index in [9.17, 15) is 9.36 Å². The molecule has 1 atom stereocenters. The van der Waals surface area contributed by atoms with Gasteiger partial charge in [-0.05, 0) is 54.4 Å². The first-order valence-electron chi connectivity index (χ1n) is 7.07. The van der Waals surface area contributed by atoms with Crippen LogP contribution in [0, 0.1) is 0 Å². The Labute approximate surface area is 123 Å². The van der Waals surface area contributed by atoms with Gasteiger partial charge in [-0.15, -0.1) is 0 Å². The predicted octanol–water partition coefficient (Wildman–Crippen LogP) is 4.11. The van der Waals surface area contributed by atoms with E-state index in [1.165, 1.54) is 0 Å². The van der Waals surface area contributed by atoms with Gasteiger partial charge in [-0.1, -0.05) is 6.42 Å². The summed E-state index contributed by atoms with van der Waals surface area (Å²) in [6.07, 6.45) is 2.75. The molecule has 0 saturated carbocycles. The van der Waals surface area contributed by atoms with Crippen LogP contribution in [0.1, 0.15) is 67.2 Å². The summed E-state index contributed by atoms with van der Waals surface area (Å²) in [7, 11) is -2.42. The predicted molar refractivity (Wildman–Crippen MR) is 80.1 cm³/mol. The van der Waals surface area contributed by atoms with Crippen molar-refractivity contribution in [2.75, 3.05) is 6.61 Å². The highest BCUT2D eigenvalue weighted by Crippen LogP contribution is 2.31. The van der Waals surface area contributed by atoms with Crippen LogP contribution in [0.15, 0.2) is 0 Å². The maximum absolute atomic E-state index is 11.4. The molecule has 0 aromatic rings. The molecule has 0 aromatic carbocycles. The summed E-state index contributed by atoms with van der Waals surface area (Å²) in [6.45, 7) is 11.4. The van der Waals surface area contributed by atoms with Crippen LogP contribution in [-0.2, 0) is 23.1 Å². The Bertz CT molecular complexity index is 283. The molecule has 0 radical (unpaired) electrons. The molecule has 0 heterocycles. The minimum absolute atomic E-state index is 0.178. The monoisotopic (exact) mass is 308 g/mol. The quantitative estimate of drug-likeness (QED) is 0.383. The lowest BCUT2D eigenvalue weighted by molar-refractivity contribution is -0.154. The van der Waals surface area contributed by atoms with Crippen LogP contribution in [-0.4, -0.2) is 23.8 Å². The minimum Gasteiger partial charge on any atom is -0.460 e. The number of carbonyl (C=O) groups is 1. The van der Waals surface area contributed by atoms with Gasteiger partial charge in [0.15, 0.2) is 0 Å². The summed E-state index contributed by atoms with van der Waals surface area (Å²) in [5, 5.41) is 0. The van der Waals surface area contributed by atoms with Crippen LogP contribution in [0.5, 0.6) is 0 Å². The first-order valence-corrected chi connectivity index (χ1v) is 8.30. The normalized spacial score (nSPS) is 14.1. The maximum Gasteiger partial charge on any atom is 0.319 e. The third-order valence-corrected chi connectivity index (χ3v) is 3.27. The third-order valence-electron chi connectivity index (χ3n) is 2.05. The van der Waals surface area contributed by atoms with Crippen molar-refractivity contribution < 1.29 is 23.1 Å². The van der Waals surface area contributed by atoms with E-state index in [0.717, 1.165) is 19.3 Å². The Balaban J connectivity index is 3.54. The van der Waals surface area contributed by atoms with Gasteiger partial charge in [-0.25, -0.2) is 0 Å².